The second-order valence-electron chi connectivity index (χ2n) is 5.31. The highest BCUT2D eigenvalue weighted by Gasteiger charge is 2.21. The second kappa shape index (κ2) is 5.45. The average molecular weight is 418 g/mol. The molecule has 6 heteroatoms. The molecule has 4 nitrogen and oxygen atoms in total. The van der Waals surface area contributed by atoms with Crippen molar-refractivity contribution in [2.75, 3.05) is 5.32 Å². The molecule has 0 unspecified atom stereocenters. The van der Waals surface area contributed by atoms with E-state index in [0.29, 0.717) is 11.3 Å². The number of rotatable bonds is 1. The molecule has 1 aromatic heterocycles. The van der Waals surface area contributed by atoms with Gasteiger partial charge in [0, 0.05) is 26.3 Å². The highest BCUT2D eigenvalue weighted by Crippen LogP contribution is 2.34. The number of aromatic amines is 1. The SMILES string of the molecule is CC1=CNc2c(cc(I)c3[nH]ncc23)C(c2ccccc2F)=N1. The number of nitrogens with one attached hydrogen (secondary N) is 2. The summed E-state index contributed by atoms with van der Waals surface area (Å²) in [4.78, 5) is 4.62. The van der Waals surface area contributed by atoms with Crippen molar-refractivity contribution < 1.29 is 4.39 Å². The molecule has 0 bridgehead atoms. The zero-order valence-corrected chi connectivity index (χ0v) is 14.3. The van der Waals surface area contributed by atoms with Crippen LogP contribution in [0.4, 0.5) is 10.1 Å². The summed E-state index contributed by atoms with van der Waals surface area (Å²) in [7, 11) is 0. The predicted molar refractivity (Wildman–Crippen MR) is 98.2 cm³/mol. The van der Waals surface area contributed by atoms with Crippen molar-refractivity contribution in [2.24, 2.45) is 4.99 Å². The number of halogens is 2. The van der Waals surface area contributed by atoms with Gasteiger partial charge < -0.3 is 5.32 Å². The third-order valence-electron chi connectivity index (χ3n) is 3.79. The number of aromatic nitrogens is 2. The third-order valence-corrected chi connectivity index (χ3v) is 4.64. The number of allylic oxidation sites excluding steroid dienone is 1. The molecule has 0 aliphatic carbocycles. The summed E-state index contributed by atoms with van der Waals surface area (Å²) in [6, 6.07) is 8.71. The van der Waals surface area contributed by atoms with Crippen molar-refractivity contribution in [3.63, 3.8) is 0 Å². The Bertz CT molecular complexity index is 987. The van der Waals surface area contributed by atoms with E-state index in [2.05, 4.69) is 43.1 Å². The summed E-state index contributed by atoms with van der Waals surface area (Å²) in [6.07, 6.45) is 3.60. The molecule has 4 rings (SSSR count). The van der Waals surface area contributed by atoms with Crippen LogP contribution in [-0.4, -0.2) is 15.9 Å². The number of nitrogens with zero attached hydrogens (tertiary/aromatic N) is 2. The monoisotopic (exact) mass is 418 g/mol. The molecule has 0 saturated heterocycles. The van der Waals surface area contributed by atoms with Gasteiger partial charge in [-0.05, 0) is 47.7 Å². The van der Waals surface area contributed by atoms with E-state index in [1.807, 2.05) is 25.3 Å². The summed E-state index contributed by atoms with van der Waals surface area (Å²) in [6.45, 7) is 1.89. The van der Waals surface area contributed by atoms with Gasteiger partial charge in [0.15, 0.2) is 0 Å². The Labute approximate surface area is 145 Å². The highest BCUT2D eigenvalue weighted by molar-refractivity contribution is 14.1. The summed E-state index contributed by atoms with van der Waals surface area (Å²) in [5.41, 5.74) is 4.60. The van der Waals surface area contributed by atoms with Gasteiger partial charge in [0.05, 0.1) is 28.8 Å². The Hall–Kier alpha value is -2.22. The number of hydrogen-bond donors (Lipinski definition) is 2. The molecule has 2 heterocycles. The lowest BCUT2D eigenvalue weighted by Gasteiger charge is -2.13. The van der Waals surface area contributed by atoms with Gasteiger partial charge in [-0.1, -0.05) is 12.1 Å². The Morgan fingerprint density at radius 1 is 1.17 bits per heavy atom. The van der Waals surface area contributed by atoms with E-state index in [-0.39, 0.29) is 5.82 Å². The van der Waals surface area contributed by atoms with Gasteiger partial charge in [-0.2, -0.15) is 5.10 Å². The van der Waals surface area contributed by atoms with Crippen molar-refractivity contribution in [2.45, 2.75) is 6.92 Å². The summed E-state index contributed by atoms with van der Waals surface area (Å²) in [5.74, 6) is -0.283. The molecule has 114 valence electrons. The van der Waals surface area contributed by atoms with Crippen LogP contribution in [0, 0.1) is 9.39 Å². The molecule has 0 spiro atoms. The molecule has 0 saturated carbocycles. The number of fused-ring (bicyclic) bond motifs is 3. The number of H-pyrrole nitrogens is 1. The maximum Gasteiger partial charge on any atom is 0.132 e. The van der Waals surface area contributed by atoms with Crippen LogP contribution in [0.15, 0.2) is 53.4 Å². The first-order valence-electron chi connectivity index (χ1n) is 7.08. The first-order chi connectivity index (χ1) is 11.1. The molecule has 0 atom stereocenters. The molecule has 1 aliphatic rings. The number of aliphatic imine (C=N–C) groups is 1. The van der Waals surface area contributed by atoms with Crippen LogP contribution in [0.25, 0.3) is 10.9 Å². The lowest BCUT2D eigenvalue weighted by molar-refractivity contribution is 0.625. The van der Waals surface area contributed by atoms with E-state index >= 15 is 0 Å². The van der Waals surface area contributed by atoms with Crippen molar-refractivity contribution >= 4 is 44.9 Å². The van der Waals surface area contributed by atoms with Crippen molar-refractivity contribution in [1.82, 2.24) is 10.2 Å². The maximum absolute atomic E-state index is 14.3. The number of anilines is 1. The Morgan fingerprint density at radius 3 is 2.83 bits per heavy atom. The minimum atomic E-state index is -0.283. The first-order valence-corrected chi connectivity index (χ1v) is 8.16. The van der Waals surface area contributed by atoms with E-state index in [1.54, 1.807) is 18.3 Å². The molecule has 0 fully saturated rings. The van der Waals surface area contributed by atoms with Crippen LogP contribution in [0.1, 0.15) is 18.1 Å². The summed E-state index contributed by atoms with van der Waals surface area (Å²) < 4.78 is 15.4. The highest BCUT2D eigenvalue weighted by atomic mass is 127. The van der Waals surface area contributed by atoms with Crippen molar-refractivity contribution in [1.29, 1.82) is 0 Å². The smallest absolute Gasteiger partial charge is 0.132 e. The van der Waals surface area contributed by atoms with Gasteiger partial charge in [-0.3, -0.25) is 10.1 Å². The molecule has 2 N–H and O–H groups in total. The minimum absolute atomic E-state index is 0.283. The zero-order valence-electron chi connectivity index (χ0n) is 12.2. The molecule has 1 aliphatic heterocycles. The molecule has 2 aromatic carbocycles. The average Bonchev–Trinajstić information content (AvgIpc) is 2.97. The molecular formula is C17H12FIN4. The van der Waals surface area contributed by atoms with Crippen LogP contribution in [0.3, 0.4) is 0 Å². The Morgan fingerprint density at radius 2 is 2.00 bits per heavy atom. The number of hydrogen-bond acceptors (Lipinski definition) is 3. The topological polar surface area (TPSA) is 53.1 Å². The van der Waals surface area contributed by atoms with Crippen LogP contribution >= 0.6 is 22.6 Å². The van der Waals surface area contributed by atoms with Crippen molar-refractivity contribution in [3.8, 4) is 0 Å². The van der Waals surface area contributed by atoms with Gasteiger partial charge in [0.25, 0.3) is 0 Å². The fourth-order valence-electron chi connectivity index (χ4n) is 2.72. The van der Waals surface area contributed by atoms with E-state index in [9.17, 15) is 4.39 Å². The van der Waals surface area contributed by atoms with Crippen LogP contribution in [0.5, 0.6) is 0 Å². The minimum Gasteiger partial charge on any atom is -0.359 e. The predicted octanol–water partition coefficient (Wildman–Crippen LogP) is 4.43. The van der Waals surface area contributed by atoms with Gasteiger partial charge in [0.2, 0.25) is 0 Å². The fraction of sp³-hybridized carbons (Fsp3) is 0.0588. The van der Waals surface area contributed by atoms with E-state index in [0.717, 1.165) is 31.4 Å². The molecule has 3 aromatic rings. The third kappa shape index (κ3) is 2.33. The molecule has 0 radical (unpaired) electrons. The fourth-order valence-corrected chi connectivity index (χ4v) is 3.44. The van der Waals surface area contributed by atoms with Crippen LogP contribution in [0.2, 0.25) is 0 Å². The maximum atomic E-state index is 14.3. The van der Waals surface area contributed by atoms with Crippen LogP contribution < -0.4 is 5.32 Å². The summed E-state index contributed by atoms with van der Waals surface area (Å²) >= 11 is 2.25. The Kier molecular flexibility index (Phi) is 3.41. The van der Waals surface area contributed by atoms with Gasteiger partial charge in [0.1, 0.15) is 5.82 Å². The van der Waals surface area contributed by atoms with Gasteiger partial charge >= 0.3 is 0 Å². The Balaban J connectivity index is 2.07. The largest absolute Gasteiger partial charge is 0.359 e. The van der Waals surface area contributed by atoms with Crippen LogP contribution in [-0.2, 0) is 0 Å². The quantitative estimate of drug-likeness (QED) is 0.575. The summed E-state index contributed by atoms with van der Waals surface area (Å²) in [5, 5.41) is 11.4. The number of benzene rings is 2. The lowest BCUT2D eigenvalue weighted by Crippen LogP contribution is -2.08. The van der Waals surface area contributed by atoms with Gasteiger partial charge in [-0.15, -0.1) is 0 Å². The molecule has 0 amide bonds. The van der Waals surface area contributed by atoms with E-state index in [1.165, 1.54) is 6.07 Å². The van der Waals surface area contributed by atoms with Crippen molar-refractivity contribution in [3.05, 3.63) is 68.9 Å². The standard InChI is InChI=1S/C17H12FIN4/c1-9-7-20-15-11(6-14(19)17-12(15)8-21-23-17)16(22-9)10-4-2-3-5-13(10)18/h2-8,20H,1H3,(H,21,23). The van der Waals surface area contributed by atoms with E-state index < -0.39 is 0 Å². The van der Waals surface area contributed by atoms with Gasteiger partial charge in [-0.25, -0.2) is 4.39 Å². The normalized spacial score (nSPS) is 13.9. The first kappa shape index (κ1) is 14.4. The second-order valence-corrected chi connectivity index (χ2v) is 6.47. The van der Waals surface area contributed by atoms with E-state index in [4.69, 9.17) is 0 Å². The lowest BCUT2D eigenvalue weighted by atomic mass is 9.98. The zero-order chi connectivity index (χ0) is 16.0. The molecular weight excluding hydrogens is 406 g/mol. The molecule has 23 heavy (non-hydrogen) atoms.